The minimum Gasteiger partial charge on any atom is -0.383 e. The highest BCUT2D eigenvalue weighted by atomic mass is 19.4. The van der Waals surface area contributed by atoms with Crippen molar-refractivity contribution in [2.24, 2.45) is 0 Å². The molecule has 4 aromatic rings. The molecule has 1 atom stereocenters. The van der Waals surface area contributed by atoms with E-state index in [9.17, 15) is 26.3 Å². The van der Waals surface area contributed by atoms with Crippen molar-refractivity contribution in [3.8, 4) is 11.4 Å². The molecule has 0 aromatic carbocycles. The van der Waals surface area contributed by atoms with Crippen LogP contribution in [-0.4, -0.2) is 56.4 Å². The summed E-state index contributed by atoms with van der Waals surface area (Å²) in [5, 5.41) is 10.8. The van der Waals surface area contributed by atoms with Gasteiger partial charge in [0.05, 0.1) is 35.7 Å². The predicted molar refractivity (Wildman–Crippen MR) is 128 cm³/mol. The minimum atomic E-state index is -4.75. The molecule has 4 aromatic heterocycles. The Morgan fingerprint density at radius 1 is 1.00 bits per heavy atom. The quantitative estimate of drug-likeness (QED) is 0.322. The average molecular weight is 550 g/mol. The number of alkyl halides is 6. The van der Waals surface area contributed by atoms with Crippen LogP contribution in [0.5, 0.6) is 0 Å². The van der Waals surface area contributed by atoms with E-state index in [1.54, 1.807) is 4.90 Å². The van der Waals surface area contributed by atoms with E-state index >= 15 is 0 Å². The van der Waals surface area contributed by atoms with Crippen LogP contribution in [0.15, 0.2) is 42.9 Å². The maximum Gasteiger partial charge on any atom is 0.418 e. The van der Waals surface area contributed by atoms with Crippen molar-refractivity contribution in [2.45, 2.75) is 31.2 Å². The molecule has 0 amide bonds. The van der Waals surface area contributed by atoms with Crippen molar-refractivity contribution >= 4 is 28.5 Å². The highest BCUT2D eigenvalue weighted by Crippen LogP contribution is 2.38. The molecule has 1 N–H and O–H groups in total. The van der Waals surface area contributed by atoms with Gasteiger partial charge >= 0.3 is 12.4 Å². The van der Waals surface area contributed by atoms with Crippen LogP contribution >= 0.6 is 0 Å². The zero-order valence-corrected chi connectivity index (χ0v) is 20.3. The number of fused-ring (bicyclic) bond motifs is 1. The molecule has 0 unspecified atom stereocenters. The summed E-state index contributed by atoms with van der Waals surface area (Å²) in [5.41, 5.74) is -2.18. The highest BCUT2D eigenvalue weighted by molar-refractivity contribution is 5.87. The van der Waals surface area contributed by atoms with Crippen molar-refractivity contribution in [1.29, 1.82) is 0 Å². The Bertz CT molecular complexity index is 1480. The van der Waals surface area contributed by atoms with Crippen LogP contribution < -0.4 is 10.2 Å². The van der Waals surface area contributed by atoms with Crippen LogP contribution in [0.25, 0.3) is 22.6 Å². The van der Waals surface area contributed by atoms with E-state index in [-0.39, 0.29) is 34.5 Å². The Hall–Kier alpha value is -4.14. The maximum atomic E-state index is 14.1. The molecule has 5 heterocycles. The molecule has 0 aliphatic carbocycles. The first-order chi connectivity index (χ1) is 18.5. The molecule has 15 heteroatoms. The van der Waals surface area contributed by atoms with Crippen molar-refractivity contribution in [1.82, 2.24) is 30.1 Å². The lowest BCUT2D eigenvalue weighted by molar-refractivity contribution is -0.138. The van der Waals surface area contributed by atoms with Crippen LogP contribution in [0, 0.1) is 0 Å². The second-order valence-corrected chi connectivity index (χ2v) is 8.75. The fourth-order valence-electron chi connectivity index (χ4n) is 4.34. The van der Waals surface area contributed by atoms with Crippen LogP contribution in [-0.2, 0) is 17.1 Å². The Balaban J connectivity index is 1.48. The minimum absolute atomic E-state index is 0.0110. The molecule has 1 aliphatic heterocycles. The third kappa shape index (κ3) is 5.53. The Morgan fingerprint density at radius 2 is 1.82 bits per heavy atom. The van der Waals surface area contributed by atoms with Gasteiger partial charge < -0.3 is 15.0 Å². The SMILES string of the molecule is COC[C@@H]1CCCN1c1cc(C(F)(F)F)c(-c2cnc3c(Nc4ccc(C(F)(F)F)cn4)ccnc3n2)nn1. The van der Waals surface area contributed by atoms with Gasteiger partial charge in [0.1, 0.15) is 22.7 Å². The summed E-state index contributed by atoms with van der Waals surface area (Å²) in [6.45, 7) is 0.883. The molecule has 204 valence electrons. The number of rotatable bonds is 6. The van der Waals surface area contributed by atoms with Crippen LogP contribution in [0.3, 0.4) is 0 Å². The number of aromatic nitrogens is 6. The van der Waals surface area contributed by atoms with Crippen molar-refractivity contribution in [2.75, 3.05) is 30.5 Å². The highest BCUT2D eigenvalue weighted by Gasteiger charge is 2.38. The number of pyridine rings is 2. The van der Waals surface area contributed by atoms with Crippen molar-refractivity contribution < 1.29 is 31.1 Å². The molecule has 0 spiro atoms. The molecular formula is C24H20F6N8O. The monoisotopic (exact) mass is 550 g/mol. The standard InChI is InChI=1S/C24H20F6N8O/c1-39-12-14-3-2-8-38(14)19-9-15(24(28,29)30)20(37-36-19)17-11-33-21-16(6-7-31-22(21)35-17)34-18-5-4-13(10-32-18)23(25,26)27/h4-7,9-11,14H,2-3,8,12H2,1H3,(H,31,32,34,35)/t14-/m0/s1. The van der Waals surface area contributed by atoms with Crippen LogP contribution in [0.1, 0.15) is 24.0 Å². The fourth-order valence-corrected chi connectivity index (χ4v) is 4.34. The zero-order valence-electron chi connectivity index (χ0n) is 20.3. The first-order valence-corrected chi connectivity index (χ1v) is 11.7. The number of ether oxygens (including phenoxy) is 1. The lowest BCUT2D eigenvalue weighted by atomic mass is 10.1. The summed E-state index contributed by atoms with van der Waals surface area (Å²) in [6, 6.07) is 4.33. The largest absolute Gasteiger partial charge is 0.418 e. The molecule has 0 saturated carbocycles. The summed E-state index contributed by atoms with van der Waals surface area (Å²) in [5.74, 6) is 0.184. The second-order valence-electron chi connectivity index (χ2n) is 8.75. The van der Waals surface area contributed by atoms with E-state index in [2.05, 4.69) is 35.5 Å². The van der Waals surface area contributed by atoms with Gasteiger partial charge in [0.2, 0.25) is 0 Å². The Kier molecular flexibility index (Phi) is 6.92. The first-order valence-electron chi connectivity index (χ1n) is 11.7. The summed E-state index contributed by atoms with van der Waals surface area (Å²) in [6.07, 6.45) is -4.62. The number of hydrogen-bond acceptors (Lipinski definition) is 9. The molecule has 39 heavy (non-hydrogen) atoms. The summed E-state index contributed by atoms with van der Waals surface area (Å²) < 4.78 is 85.9. The van der Waals surface area contributed by atoms with E-state index < -0.39 is 29.2 Å². The topological polar surface area (TPSA) is 102 Å². The molecular weight excluding hydrogens is 530 g/mol. The number of anilines is 3. The predicted octanol–water partition coefficient (Wildman–Crippen LogP) is 5.27. The molecule has 5 rings (SSSR count). The second kappa shape index (κ2) is 10.2. The summed E-state index contributed by atoms with van der Waals surface area (Å²) >= 11 is 0. The van der Waals surface area contributed by atoms with Gasteiger partial charge in [0, 0.05) is 26.0 Å². The number of halogens is 6. The number of nitrogens with zero attached hydrogens (tertiary/aromatic N) is 7. The average Bonchev–Trinajstić information content (AvgIpc) is 3.36. The lowest BCUT2D eigenvalue weighted by Gasteiger charge is -2.25. The molecule has 1 aliphatic rings. The number of nitrogens with one attached hydrogen (secondary N) is 1. The Morgan fingerprint density at radius 3 is 2.51 bits per heavy atom. The first kappa shape index (κ1) is 26.5. The van der Waals surface area contributed by atoms with Gasteiger partial charge in [-0.25, -0.2) is 19.9 Å². The Labute approximate surface area is 217 Å². The van der Waals surface area contributed by atoms with Crippen LogP contribution in [0.2, 0.25) is 0 Å². The van der Waals surface area contributed by atoms with E-state index in [4.69, 9.17) is 4.74 Å². The maximum absolute atomic E-state index is 14.1. The van der Waals surface area contributed by atoms with Gasteiger partial charge in [-0.2, -0.15) is 26.3 Å². The van der Waals surface area contributed by atoms with E-state index in [1.165, 1.54) is 19.4 Å². The summed E-state index contributed by atoms with van der Waals surface area (Å²) in [4.78, 5) is 18.0. The number of hydrogen-bond donors (Lipinski definition) is 1. The lowest BCUT2D eigenvalue weighted by Crippen LogP contribution is -2.34. The third-order valence-corrected chi connectivity index (χ3v) is 6.16. The summed E-state index contributed by atoms with van der Waals surface area (Å²) in [7, 11) is 1.53. The number of methoxy groups -OCH3 is 1. The zero-order chi connectivity index (χ0) is 27.8. The van der Waals surface area contributed by atoms with E-state index in [1.807, 2.05) is 0 Å². The molecule has 0 bridgehead atoms. The molecule has 0 radical (unpaired) electrons. The van der Waals surface area contributed by atoms with Gasteiger partial charge in [-0.15, -0.1) is 10.2 Å². The fraction of sp³-hybridized carbons (Fsp3) is 0.333. The van der Waals surface area contributed by atoms with Gasteiger partial charge in [-0.05, 0) is 37.1 Å². The third-order valence-electron chi connectivity index (χ3n) is 6.16. The van der Waals surface area contributed by atoms with E-state index in [0.717, 1.165) is 37.2 Å². The van der Waals surface area contributed by atoms with E-state index in [0.29, 0.717) is 25.0 Å². The van der Waals surface area contributed by atoms with Gasteiger partial charge in [-0.1, -0.05) is 0 Å². The van der Waals surface area contributed by atoms with Gasteiger partial charge in [0.25, 0.3) is 0 Å². The molecule has 9 nitrogen and oxygen atoms in total. The normalized spacial score (nSPS) is 16.2. The van der Waals surface area contributed by atoms with Crippen molar-refractivity contribution in [3.05, 3.63) is 54.0 Å². The smallest absolute Gasteiger partial charge is 0.383 e. The van der Waals surface area contributed by atoms with Gasteiger partial charge in [0.15, 0.2) is 11.5 Å². The molecule has 1 fully saturated rings. The van der Waals surface area contributed by atoms with Crippen molar-refractivity contribution in [3.63, 3.8) is 0 Å². The van der Waals surface area contributed by atoms with Gasteiger partial charge in [-0.3, -0.25) is 0 Å². The van der Waals surface area contributed by atoms with Crippen LogP contribution in [0.4, 0.5) is 43.7 Å². The molecule has 1 saturated heterocycles.